The van der Waals surface area contributed by atoms with Gasteiger partial charge in [-0.25, -0.2) is 4.39 Å². The second kappa shape index (κ2) is 6.35. The summed E-state index contributed by atoms with van der Waals surface area (Å²) in [5, 5.41) is 0. The van der Waals surface area contributed by atoms with Crippen molar-refractivity contribution >= 4 is 21.7 Å². The normalized spacial score (nSPS) is 18.9. The molecule has 1 aliphatic rings. The zero-order valence-corrected chi connectivity index (χ0v) is 13.7. The fraction of sp³-hybridized carbons (Fsp3) is 0.562. The first-order chi connectivity index (χ1) is 9.47. The van der Waals surface area contributed by atoms with Gasteiger partial charge < -0.3 is 0 Å². The molecule has 0 aromatic heterocycles. The Labute approximate surface area is 128 Å². The van der Waals surface area contributed by atoms with Gasteiger partial charge in [0.05, 0.1) is 11.1 Å². The largest absolute Gasteiger partial charge is 0.297 e. The number of likely N-dealkylation sites (N-methyl/N-ethyl adjacent to an activating group) is 1. The highest BCUT2D eigenvalue weighted by atomic mass is 79.9. The molecule has 0 atom stereocenters. The van der Waals surface area contributed by atoms with Gasteiger partial charge in [-0.2, -0.15) is 0 Å². The zero-order valence-electron chi connectivity index (χ0n) is 12.1. The lowest BCUT2D eigenvalue weighted by atomic mass is 9.81. The molecule has 0 radical (unpaired) electrons. The molecule has 1 aromatic rings. The fourth-order valence-corrected chi connectivity index (χ4v) is 3.47. The van der Waals surface area contributed by atoms with Crippen LogP contribution in [0.1, 0.15) is 48.9 Å². The molecule has 0 bridgehead atoms. The van der Waals surface area contributed by atoms with Crippen molar-refractivity contribution in [3.8, 4) is 0 Å². The average Bonchev–Trinajstić information content (AvgIpc) is 2.67. The van der Waals surface area contributed by atoms with Gasteiger partial charge in [0.1, 0.15) is 5.82 Å². The molecule has 1 aromatic carbocycles. The van der Waals surface area contributed by atoms with E-state index in [-0.39, 0.29) is 11.3 Å². The number of nitrogens with zero attached hydrogens (tertiary/aromatic N) is 1. The predicted octanol–water partition coefficient (Wildman–Crippen LogP) is 4.43. The van der Waals surface area contributed by atoms with E-state index in [2.05, 4.69) is 15.9 Å². The highest BCUT2D eigenvalue weighted by Crippen LogP contribution is 2.35. The minimum atomic E-state index is -0.557. The van der Waals surface area contributed by atoms with Crippen LogP contribution in [0, 0.1) is 5.82 Å². The van der Waals surface area contributed by atoms with Gasteiger partial charge in [-0.15, -0.1) is 0 Å². The van der Waals surface area contributed by atoms with Crippen LogP contribution in [0.3, 0.4) is 0 Å². The Morgan fingerprint density at radius 2 is 1.80 bits per heavy atom. The highest BCUT2D eigenvalue weighted by Gasteiger charge is 2.41. The number of carbonyl (C=O) groups excluding carboxylic acids is 1. The van der Waals surface area contributed by atoms with E-state index >= 15 is 0 Å². The molecule has 0 aliphatic heterocycles. The number of hydrogen-bond acceptors (Lipinski definition) is 2. The van der Waals surface area contributed by atoms with Gasteiger partial charge >= 0.3 is 0 Å². The van der Waals surface area contributed by atoms with E-state index in [0.29, 0.717) is 0 Å². The lowest BCUT2D eigenvalue weighted by Crippen LogP contribution is -2.51. The number of Topliss-reactive ketones (excluding diaryl/α,β-unsaturated/α-hetero) is 1. The van der Waals surface area contributed by atoms with Crippen LogP contribution >= 0.6 is 15.9 Å². The highest BCUT2D eigenvalue weighted by molar-refractivity contribution is 9.10. The number of halogens is 2. The van der Waals surface area contributed by atoms with Crippen molar-refractivity contribution in [3.63, 3.8) is 0 Å². The van der Waals surface area contributed by atoms with Crippen LogP contribution in [0.2, 0.25) is 0 Å². The maximum Gasteiger partial charge on any atom is 0.186 e. The second-order valence-electron chi connectivity index (χ2n) is 5.79. The van der Waals surface area contributed by atoms with E-state index in [1.165, 1.54) is 6.07 Å². The van der Waals surface area contributed by atoms with Crippen molar-refractivity contribution in [1.29, 1.82) is 0 Å². The van der Waals surface area contributed by atoms with Crippen LogP contribution in [0.5, 0.6) is 0 Å². The van der Waals surface area contributed by atoms with Crippen molar-refractivity contribution in [2.75, 3.05) is 14.1 Å². The van der Waals surface area contributed by atoms with Crippen LogP contribution in [0.25, 0.3) is 0 Å². The predicted molar refractivity (Wildman–Crippen MR) is 82.6 cm³/mol. The van der Waals surface area contributed by atoms with E-state index in [4.69, 9.17) is 0 Å². The average molecular weight is 342 g/mol. The summed E-state index contributed by atoms with van der Waals surface area (Å²) in [6.07, 6.45) is 5.99. The molecule has 4 heteroatoms. The molecule has 0 N–H and O–H groups in total. The molecular weight excluding hydrogens is 321 g/mol. The van der Waals surface area contributed by atoms with Crippen LogP contribution in [0.15, 0.2) is 22.7 Å². The van der Waals surface area contributed by atoms with E-state index in [1.807, 2.05) is 19.0 Å². The Morgan fingerprint density at radius 1 is 1.20 bits per heavy atom. The molecule has 2 rings (SSSR count). The van der Waals surface area contributed by atoms with Crippen LogP contribution < -0.4 is 0 Å². The van der Waals surface area contributed by atoms with Gasteiger partial charge in [0.25, 0.3) is 0 Å². The maximum absolute atomic E-state index is 14.0. The van der Waals surface area contributed by atoms with Crippen molar-refractivity contribution in [2.24, 2.45) is 0 Å². The molecule has 1 fully saturated rings. The molecule has 110 valence electrons. The number of benzene rings is 1. The minimum absolute atomic E-state index is 0.0804. The van der Waals surface area contributed by atoms with Crippen molar-refractivity contribution in [3.05, 3.63) is 34.1 Å². The Morgan fingerprint density at radius 3 is 2.35 bits per heavy atom. The van der Waals surface area contributed by atoms with Crippen molar-refractivity contribution < 1.29 is 9.18 Å². The van der Waals surface area contributed by atoms with Crippen LogP contribution in [-0.2, 0) is 0 Å². The summed E-state index contributed by atoms with van der Waals surface area (Å²) < 4.78 is 14.8. The first-order valence-electron chi connectivity index (χ1n) is 7.15. The fourth-order valence-electron chi connectivity index (χ4n) is 3.11. The van der Waals surface area contributed by atoms with E-state index in [0.717, 1.165) is 43.0 Å². The summed E-state index contributed by atoms with van der Waals surface area (Å²) in [6.45, 7) is 0. The second-order valence-corrected chi connectivity index (χ2v) is 6.71. The van der Waals surface area contributed by atoms with E-state index in [1.54, 1.807) is 12.1 Å². The van der Waals surface area contributed by atoms with E-state index < -0.39 is 11.4 Å². The molecule has 20 heavy (non-hydrogen) atoms. The summed E-state index contributed by atoms with van der Waals surface area (Å²) in [6, 6.07) is 4.59. The van der Waals surface area contributed by atoms with Gasteiger partial charge in [0.15, 0.2) is 5.78 Å². The molecule has 1 aliphatic carbocycles. The maximum atomic E-state index is 14.0. The van der Waals surface area contributed by atoms with E-state index in [9.17, 15) is 9.18 Å². The number of rotatable bonds is 3. The molecule has 2 nitrogen and oxygen atoms in total. The molecule has 0 unspecified atom stereocenters. The Hall–Kier alpha value is -0.740. The topological polar surface area (TPSA) is 20.3 Å². The Balaban J connectivity index is 2.43. The lowest BCUT2D eigenvalue weighted by molar-refractivity contribution is 0.0630. The summed E-state index contributed by atoms with van der Waals surface area (Å²) in [4.78, 5) is 15.0. The molecular formula is C16H21BrFNO. The quantitative estimate of drug-likeness (QED) is 0.598. The lowest BCUT2D eigenvalue weighted by Gasteiger charge is -2.38. The third-order valence-electron chi connectivity index (χ3n) is 4.38. The molecule has 1 saturated carbocycles. The van der Waals surface area contributed by atoms with Crippen molar-refractivity contribution in [1.82, 2.24) is 4.90 Å². The summed E-state index contributed by atoms with van der Waals surface area (Å²) in [7, 11) is 3.86. The summed E-state index contributed by atoms with van der Waals surface area (Å²) in [5.74, 6) is -0.508. The van der Waals surface area contributed by atoms with Crippen LogP contribution in [0.4, 0.5) is 4.39 Å². The third-order valence-corrected chi connectivity index (χ3v) is 4.88. The third kappa shape index (κ3) is 2.96. The van der Waals surface area contributed by atoms with Gasteiger partial charge in [-0.05, 0) is 45.1 Å². The van der Waals surface area contributed by atoms with Gasteiger partial charge in [-0.1, -0.05) is 41.6 Å². The smallest absolute Gasteiger partial charge is 0.186 e. The monoisotopic (exact) mass is 341 g/mol. The van der Waals surface area contributed by atoms with Gasteiger partial charge in [-0.3, -0.25) is 9.69 Å². The zero-order chi connectivity index (χ0) is 14.8. The number of ketones is 1. The molecule has 0 amide bonds. The first-order valence-corrected chi connectivity index (χ1v) is 7.94. The van der Waals surface area contributed by atoms with Gasteiger partial charge in [0, 0.05) is 4.47 Å². The summed E-state index contributed by atoms with van der Waals surface area (Å²) >= 11 is 3.33. The molecule has 0 heterocycles. The standard InChI is InChI=1S/C16H21BrFNO/c1-19(2)16(9-5-3-4-6-10-16)15(20)13-11-12(17)7-8-14(13)18/h7-8,11H,3-6,9-10H2,1-2H3. The molecule has 0 saturated heterocycles. The minimum Gasteiger partial charge on any atom is -0.297 e. The summed E-state index contributed by atoms with van der Waals surface area (Å²) in [5.41, 5.74) is -0.354. The number of carbonyl (C=O) groups is 1. The Kier molecular flexibility index (Phi) is 4.97. The Bertz CT molecular complexity index is 493. The van der Waals surface area contributed by atoms with Gasteiger partial charge in [0.2, 0.25) is 0 Å². The molecule has 0 spiro atoms. The van der Waals surface area contributed by atoms with Crippen LogP contribution in [-0.4, -0.2) is 30.3 Å². The van der Waals surface area contributed by atoms with Crippen molar-refractivity contribution in [2.45, 2.75) is 44.1 Å². The number of hydrogen-bond donors (Lipinski definition) is 0. The SMILES string of the molecule is CN(C)C1(C(=O)c2cc(Br)ccc2F)CCCCCC1. The first kappa shape index (κ1) is 15.6.